The number of hydrogen-bond acceptors (Lipinski definition) is 6. The minimum absolute atomic E-state index is 0.148. The lowest BCUT2D eigenvalue weighted by molar-refractivity contribution is -0.131. The van der Waals surface area contributed by atoms with Gasteiger partial charge in [-0.05, 0) is 31.0 Å². The lowest BCUT2D eigenvalue weighted by Crippen LogP contribution is -2.44. The quantitative estimate of drug-likeness (QED) is 0.729. The highest BCUT2D eigenvalue weighted by atomic mass is 16.5. The zero-order valence-electron chi connectivity index (χ0n) is 16.8. The third-order valence-electron chi connectivity index (χ3n) is 6.17. The Kier molecular flexibility index (Phi) is 4.39. The van der Waals surface area contributed by atoms with Crippen LogP contribution in [0.5, 0.6) is 5.75 Å². The summed E-state index contributed by atoms with van der Waals surface area (Å²) in [4.78, 5) is 27.8. The van der Waals surface area contributed by atoms with E-state index >= 15 is 0 Å². The number of aryl methyl sites for hydroxylation is 1. The predicted molar refractivity (Wildman–Crippen MR) is 107 cm³/mol. The van der Waals surface area contributed by atoms with Gasteiger partial charge in [0.25, 0.3) is 0 Å². The molecule has 5 rings (SSSR count). The van der Waals surface area contributed by atoms with E-state index < -0.39 is 17.4 Å². The fourth-order valence-electron chi connectivity index (χ4n) is 4.71. The van der Waals surface area contributed by atoms with Crippen molar-refractivity contribution in [1.29, 1.82) is 0 Å². The Morgan fingerprint density at radius 1 is 1.37 bits per heavy atom. The van der Waals surface area contributed by atoms with Gasteiger partial charge in [-0.1, -0.05) is 29.4 Å². The molecule has 2 aromatic rings. The molecule has 0 saturated carbocycles. The summed E-state index contributed by atoms with van der Waals surface area (Å²) in [6.45, 7) is 2.60. The number of amides is 2. The highest BCUT2D eigenvalue weighted by Crippen LogP contribution is 2.52. The van der Waals surface area contributed by atoms with Crippen LogP contribution in [0, 0.1) is 18.8 Å². The zero-order valence-corrected chi connectivity index (χ0v) is 16.8. The highest BCUT2D eigenvalue weighted by Gasteiger charge is 2.67. The Morgan fingerprint density at radius 2 is 2.17 bits per heavy atom. The molecule has 8 nitrogen and oxygen atoms in total. The van der Waals surface area contributed by atoms with E-state index in [2.05, 4.69) is 10.5 Å². The number of carbonyl (C=O) groups excluding carboxylic acids is 2. The topological polar surface area (TPSA) is 93.9 Å². The second-order valence-electron chi connectivity index (χ2n) is 8.01. The second-order valence-corrected chi connectivity index (χ2v) is 8.01. The molecular weight excluding hydrogens is 386 g/mol. The summed E-state index contributed by atoms with van der Waals surface area (Å²) in [5.74, 6) is 0.482. The number of benzene rings is 1. The Balaban J connectivity index is 1.27. The summed E-state index contributed by atoms with van der Waals surface area (Å²) >= 11 is 0. The molecule has 2 amide bonds. The van der Waals surface area contributed by atoms with Crippen LogP contribution in [-0.2, 0) is 20.7 Å². The standard InChI is InChI=1S/C22H23N3O5/c1-13-11-17(24-30-13)25-12-22-9-7-16(29-22)18(19(22)21(25)27)20(26)23-10-8-14-3-5-15(28-2)6-4-14/h3-7,9,11,16,18-19H,8,10,12H2,1-2H3,(H,23,26)/t16-,18-,19-,22+/m1/s1. The van der Waals surface area contributed by atoms with Gasteiger partial charge in [0.05, 0.1) is 31.6 Å². The molecule has 0 radical (unpaired) electrons. The van der Waals surface area contributed by atoms with Crippen molar-refractivity contribution < 1.29 is 23.6 Å². The van der Waals surface area contributed by atoms with Crippen molar-refractivity contribution in [2.24, 2.45) is 11.8 Å². The van der Waals surface area contributed by atoms with Crippen molar-refractivity contribution in [2.75, 3.05) is 25.1 Å². The van der Waals surface area contributed by atoms with E-state index in [1.54, 1.807) is 25.0 Å². The Labute approximate surface area is 173 Å². The van der Waals surface area contributed by atoms with Crippen molar-refractivity contribution in [1.82, 2.24) is 10.5 Å². The maximum Gasteiger partial charge on any atom is 0.235 e. The molecule has 2 saturated heterocycles. The average molecular weight is 409 g/mol. The van der Waals surface area contributed by atoms with Crippen LogP contribution in [0.4, 0.5) is 5.82 Å². The monoisotopic (exact) mass is 409 g/mol. The van der Waals surface area contributed by atoms with Gasteiger partial charge in [0.2, 0.25) is 11.8 Å². The SMILES string of the molecule is COc1ccc(CCNC(=O)[C@@H]2[C@H]3C=C[C@@]4(CN(c5cc(C)on5)C(=O)[C@@H]24)O3)cc1. The van der Waals surface area contributed by atoms with Crippen LogP contribution >= 0.6 is 0 Å². The van der Waals surface area contributed by atoms with E-state index in [9.17, 15) is 9.59 Å². The van der Waals surface area contributed by atoms with Gasteiger partial charge < -0.3 is 19.3 Å². The highest BCUT2D eigenvalue weighted by molar-refractivity contribution is 6.02. The molecule has 4 atom stereocenters. The average Bonchev–Trinajstić information content (AvgIpc) is 3.49. The van der Waals surface area contributed by atoms with Gasteiger partial charge in [0.1, 0.15) is 17.1 Å². The van der Waals surface area contributed by atoms with Gasteiger partial charge in [-0.25, -0.2) is 0 Å². The van der Waals surface area contributed by atoms with E-state index in [1.165, 1.54) is 0 Å². The number of hydrogen-bond donors (Lipinski definition) is 1. The van der Waals surface area contributed by atoms with Crippen LogP contribution in [0.1, 0.15) is 11.3 Å². The first-order valence-corrected chi connectivity index (χ1v) is 10.0. The smallest absolute Gasteiger partial charge is 0.235 e. The number of anilines is 1. The van der Waals surface area contributed by atoms with E-state index in [1.807, 2.05) is 36.4 Å². The third kappa shape index (κ3) is 2.90. The van der Waals surface area contributed by atoms with Gasteiger partial charge in [-0.15, -0.1) is 0 Å². The van der Waals surface area contributed by atoms with Gasteiger partial charge >= 0.3 is 0 Å². The molecule has 1 spiro atoms. The van der Waals surface area contributed by atoms with Crippen LogP contribution in [0.15, 0.2) is 47.0 Å². The molecule has 1 aromatic carbocycles. The number of aromatic nitrogens is 1. The van der Waals surface area contributed by atoms with Crippen LogP contribution in [-0.4, -0.2) is 48.9 Å². The van der Waals surface area contributed by atoms with E-state index in [4.69, 9.17) is 14.0 Å². The first-order valence-electron chi connectivity index (χ1n) is 10.0. The number of rotatable bonds is 6. The lowest BCUT2D eigenvalue weighted by Gasteiger charge is -2.23. The Bertz CT molecular complexity index is 1010. The second kappa shape index (κ2) is 6.98. The minimum Gasteiger partial charge on any atom is -0.497 e. The molecular formula is C22H23N3O5. The third-order valence-corrected chi connectivity index (χ3v) is 6.17. The summed E-state index contributed by atoms with van der Waals surface area (Å²) in [5, 5.41) is 6.95. The van der Waals surface area contributed by atoms with Crippen LogP contribution in [0.25, 0.3) is 0 Å². The van der Waals surface area contributed by atoms with Crippen LogP contribution in [0.2, 0.25) is 0 Å². The number of methoxy groups -OCH3 is 1. The Hall–Kier alpha value is -3.13. The molecule has 1 aromatic heterocycles. The van der Waals surface area contributed by atoms with Crippen molar-refractivity contribution in [3.05, 3.63) is 53.8 Å². The fourth-order valence-corrected chi connectivity index (χ4v) is 4.71. The summed E-state index contributed by atoms with van der Waals surface area (Å²) in [7, 11) is 1.63. The van der Waals surface area contributed by atoms with Gasteiger partial charge in [0.15, 0.2) is 5.82 Å². The van der Waals surface area contributed by atoms with E-state index in [0.29, 0.717) is 31.1 Å². The number of fused-ring (bicyclic) bond motifs is 1. The molecule has 156 valence electrons. The molecule has 3 aliphatic rings. The first-order chi connectivity index (χ1) is 14.5. The lowest BCUT2D eigenvalue weighted by atomic mass is 9.77. The van der Waals surface area contributed by atoms with E-state index in [0.717, 1.165) is 11.3 Å². The molecule has 30 heavy (non-hydrogen) atoms. The molecule has 0 aliphatic carbocycles. The normalized spacial score (nSPS) is 28.8. The van der Waals surface area contributed by atoms with Crippen molar-refractivity contribution in [3.63, 3.8) is 0 Å². The number of nitrogens with one attached hydrogen (secondary N) is 1. The first kappa shape index (κ1) is 18.9. The van der Waals surface area contributed by atoms with Gasteiger partial charge in [0, 0.05) is 12.6 Å². The summed E-state index contributed by atoms with van der Waals surface area (Å²) in [6.07, 6.45) is 4.14. The number of nitrogens with zero attached hydrogens (tertiary/aromatic N) is 2. The molecule has 1 N–H and O–H groups in total. The zero-order chi connectivity index (χ0) is 20.9. The van der Waals surface area contributed by atoms with Crippen LogP contribution < -0.4 is 15.0 Å². The number of ether oxygens (including phenoxy) is 2. The van der Waals surface area contributed by atoms with Crippen molar-refractivity contribution >= 4 is 17.6 Å². The van der Waals surface area contributed by atoms with E-state index in [-0.39, 0.29) is 17.9 Å². The van der Waals surface area contributed by atoms with Crippen molar-refractivity contribution in [2.45, 2.75) is 25.0 Å². The summed E-state index contributed by atoms with van der Waals surface area (Å²) in [6, 6.07) is 9.46. The van der Waals surface area contributed by atoms with Crippen molar-refractivity contribution in [3.8, 4) is 5.75 Å². The molecule has 4 heterocycles. The molecule has 2 bridgehead atoms. The predicted octanol–water partition coefficient (Wildman–Crippen LogP) is 1.64. The minimum atomic E-state index is -0.771. The maximum atomic E-state index is 13.2. The van der Waals surface area contributed by atoms with Gasteiger partial charge in [-0.3, -0.25) is 14.5 Å². The molecule has 0 unspecified atom stereocenters. The maximum absolute atomic E-state index is 13.2. The molecule has 8 heteroatoms. The van der Waals surface area contributed by atoms with Crippen LogP contribution in [0.3, 0.4) is 0 Å². The summed E-state index contributed by atoms with van der Waals surface area (Å²) < 4.78 is 16.4. The fraction of sp³-hybridized carbons (Fsp3) is 0.409. The molecule has 2 fully saturated rings. The largest absolute Gasteiger partial charge is 0.497 e. The van der Waals surface area contributed by atoms with Gasteiger partial charge in [-0.2, -0.15) is 0 Å². The number of carbonyl (C=O) groups is 2. The summed E-state index contributed by atoms with van der Waals surface area (Å²) in [5.41, 5.74) is 0.327. The Morgan fingerprint density at radius 3 is 2.87 bits per heavy atom. The molecule has 3 aliphatic heterocycles.